The maximum Gasteiger partial charge on any atom is 0.320 e. The molecule has 0 aromatic carbocycles. The molecule has 0 aliphatic heterocycles. The number of carbonyl (C=O) groups is 1. The van der Waals surface area contributed by atoms with E-state index in [0.717, 1.165) is 5.69 Å². The lowest BCUT2D eigenvalue weighted by Crippen LogP contribution is -2.34. The van der Waals surface area contributed by atoms with E-state index in [2.05, 4.69) is 20.8 Å². The number of aryl methyl sites for hydroxylation is 1. The first-order valence-electron chi connectivity index (χ1n) is 4.38. The number of amides is 2. The van der Waals surface area contributed by atoms with Crippen molar-refractivity contribution in [3.8, 4) is 0 Å². The van der Waals surface area contributed by atoms with Crippen molar-refractivity contribution in [2.45, 2.75) is 26.8 Å². The molecule has 0 aliphatic carbocycles. The molecule has 1 heterocycles. The fourth-order valence-corrected chi connectivity index (χ4v) is 0.939. The van der Waals surface area contributed by atoms with Gasteiger partial charge in [0.15, 0.2) is 5.82 Å². The van der Waals surface area contributed by atoms with Crippen molar-refractivity contribution < 1.29 is 4.79 Å². The normalized spacial score (nSPS) is 10.3. The van der Waals surface area contributed by atoms with Crippen molar-refractivity contribution >= 4 is 17.5 Å². The number of aromatic amines is 1. The monoisotopic (exact) mass is 197 g/mol. The van der Waals surface area contributed by atoms with Crippen LogP contribution in [0.3, 0.4) is 0 Å². The zero-order valence-corrected chi connectivity index (χ0v) is 8.51. The zero-order chi connectivity index (χ0) is 10.7. The van der Waals surface area contributed by atoms with Crippen LogP contribution in [0.2, 0.25) is 0 Å². The van der Waals surface area contributed by atoms with Gasteiger partial charge in [-0.1, -0.05) is 0 Å². The quantitative estimate of drug-likeness (QED) is 0.565. The molecule has 0 spiro atoms. The maximum absolute atomic E-state index is 11.3. The third kappa shape index (κ3) is 2.38. The lowest BCUT2D eigenvalue weighted by Gasteiger charge is -2.08. The summed E-state index contributed by atoms with van der Waals surface area (Å²) in [5.41, 5.74) is 6.85. The summed E-state index contributed by atoms with van der Waals surface area (Å²) in [7, 11) is 0. The lowest BCUT2D eigenvalue weighted by atomic mass is 10.4. The summed E-state index contributed by atoms with van der Waals surface area (Å²) in [6.07, 6.45) is 0. The van der Waals surface area contributed by atoms with Crippen molar-refractivity contribution in [2.24, 2.45) is 0 Å². The van der Waals surface area contributed by atoms with Gasteiger partial charge >= 0.3 is 6.03 Å². The Hall–Kier alpha value is -1.72. The molecule has 14 heavy (non-hydrogen) atoms. The summed E-state index contributed by atoms with van der Waals surface area (Å²) in [6, 6.07) is -0.227. The molecule has 0 bridgehead atoms. The van der Waals surface area contributed by atoms with E-state index in [4.69, 9.17) is 5.73 Å². The van der Waals surface area contributed by atoms with E-state index < -0.39 is 0 Å². The highest BCUT2D eigenvalue weighted by atomic mass is 16.2. The Balaban J connectivity index is 2.61. The highest BCUT2D eigenvalue weighted by molar-refractivity contribution is 5.91. The number of aromatic nitrogens is 2. The Morgan fingerprint density at radius 1 is 1.57 bits per heavy atom. The van der Waals surface area contributed by atoms with Crippen LogP contribution in [0.1, 0.15) is 19.5 Å². The van der Waals surface area contributed by atoms with Crippen molar-refractivity contribution in [1.29, 1.82) is 0 Å². The van der Waals surface area contributed by atoms with Gasteiger partial charge in [0.1, 0.15) is 0 Å². The molecule has 0 atom stereocenters. The second kappa shape index (κ2) is 3.99. The zero-order valence-electron chi connectivity index (χ0n) is 8.51. The molecule has 0 radical (unpaired) electrons. The summed E-state index contributed by atoms with van der Waals surface area (Å²) < 4.78 is 0. The number of nitrogens with two attached hydrogens (primary N) is 1. The number of rotatable bonds is 2. The van der Waals surface area contributed by atoms with Gasteiger partial charge in [0.2, 0.25) is 0 Å². The van der Waals surface area contributed by atoms with Gasteiger partial charge in [-0.05, 0) is 20.8 Å². The van der Waals surface area contributed by atoms with Gasteiger partial charge in [-0.3, -0.25) is 10.4 Å². The van der Waals surface area contributed by atoms with Gasteiger partial charge in [-0.25, -0.2) is 4.79 Å². The van der Waals surface area contributed by atoms with Crippen LogP contribution >= 0.6 is 0 Å². The van der Waals surface area contributed by atoms with Gasteiger partial charge in [0.25, 0.3) is 0 Å². The molecule has 0 fully saturated rings. The Kier molecular flexibility index (Phi) is 2.95. The second-order valence-corrected chi connectivity index (χ2v) is 3.36. The number of hydrogen-bond acceptors (Lipinski definition) is 3. The first-order chi connectivity index (χ1) is 6.50. The fraction of sp³-hybridized carbons (Fsp3) is 0.500. The van der Waals surface area contributed by atoms with E-state index in [1.165, 1.54) is 0 Å². The molecule has 1 rings (SSSR count). The molecule has 0 saturated heterocycles. The Bertz CT molecular complexity index is 330. The van der Waals surface area contributed by atoms with Crippen molar-refractivity contribution in [1.82, 2.24) is 15.5 Å². The molecule has 78 valence electrons. The molecule has 2 amide bonds. The molecular weight excluding hydrogens is 182 g/mol. The van der Waals surface area contributed by atoms with Crippen LogP contribution in [0.15, 0.2) is 0 Å². The minimum absolute atomic E-state index is 0.0799. The van der Waals surface area contributed by atoms with E-state index in [-0.39, 0.29) is 12.1 Å². The number of nitrogen functional groups attached to an aromatic ring is 1. The number of nitrogens with one attached hydrogen (secondary N) is 3. The largest absolute Gasteiger partial charge is 0.394 e. The Morgan fingerprint density at radius 3 is 2.64 bits per heavy atom. The van der Waals surface area contributed by atoms with E-state index in [1.54, 1.807) is 6.92 Å². The summed E-state index contributed by atoms with van der Waals surface area (Å²) >= 11 is 0. The van der Waals surface area contributed by atoms with Gasteiger partial charge in [-0.15, -0.1) is 0 Å². The predicted molar refractivity (Wildman–Crippen MR) is 55.0 cm³/mol. The van der Waals surface area contributed by atoms with E-state index in [1.807, 2.05) is 13.8 Å². The Labute approximate surface area is 82.3 Å². The predicted octanol–water partition coefficient (Wildman–Crippen LogP) is 0.830. The minimum atomic E-state index is -0.307. The summed E-state index contributed by atoms with van der Waals surface area (Å²) in [4.78, 5) is 11.3. The summed E-state index contributed by atoms with van der Waals surface area (Å²) in [5, 5.41) is 11.7. The molecule has 6 nitrogen and oxygen atoms in total. The molecule has 6 heteroatoms. The molecule has 1 aromatic heterocycles. The first kappa shape index (κ1) is 10.4. The van der Waals surface area contributed by atoms with Crippen LogP contribution in [0.4, 0.5) is 16.3 Å². The van der Waals surface area contributed by atoms with Gasteiger partial charge in [-0.2, -0.15) is 5.10 Å². The molecule has 5 N–H and O–H groups in total. The van der Waals surface area contributed by atoms with Crippen LogP contribution in [0.5, 0.6) is 0 Å². The third-order valence-electron chi connectivity index (χ3n) is 1.65. The number of H-pyrrole nitrogens is 1. The minimum Gasteiger partial charge on any atom is -0.394 e. The van der Waals surface area contributed by atoms with E-state index in [0.29, 0.717) is 11.5 Å². The van der Waals surface area contributed by atoms with Crippen LogP contribution in [-0.4, -0.2) is 22.3 Å². The van der Waals surface area contributed by atoms with Crippen LogP contribution in [-0.2, 0) is 0 Å². The Morgan fingerprint density at radius 2 is 2.21 bits per heavy atom. The second-order valence-electron chi connectivity index (χ2n) is 3.36. The highest BCUT2D eigenvalue weighted by Gasteiger charge is 2.09. The number of carbonyl (C=O) groups excluding carboxylic acids is 1. The average molecular weight is 197 g/mol. The van der Waals surface area contributed by atoms with Gasteiger partial charge < -0.3 is 11.1 Å². The third-order valence-corrected chi connectivity index (χ3v) is 1.65. The number of hydrogen-bond donors (Lipinski definition) is 4. The smallest absolute Gasteiger partial charge is 0.320 e. The van der Waals surface area contributed by atoms with Crippen LogP contribution in [0.25, 0.3) is 0 Å². The van der Waals surface area contributed by atoms with E-state index >= 15 is 0 Å². The van der Waals surface area contributed by atoms with Crippen molar-refractivity contribution in [3.63, 3.8) is 0 Å². The standard InChI is InChI=1S/C8H15N5O/c1-4(2)10-8(14)11-7-6(9)5(3)12-13-7/h4H,9H2,1-3H3,(H3,10,11,12,13,14). The fourth-order valence-electron chi connectivity index (χ4n) is 0.939. The number of nitrogens with zero attached hydrogens (tertiary/aromatic N) is 1. The van der Waals surface area contributed by atoms with Crippen LogP contribution < -0.4 is 16.4 Å². The molecule has 0 saturated carbocycles. The molecule has 1 aromatic rings. The molecule has 0 aliphatic rings. The van der Waals surface area contributed by atoms with Crippen molar-refractivity contribution in [3.05, 3.63) is 5.69 Å². The molecular formula is C8H15N5O. The van der Waals surface area contributed by atoms with Gasteiger partial charge in [0, 0.05) is 6.04 Å². The highest BCUT2D eigenvalue weighted by Crippen LogP contribution is 2.17. The van der Waals surface area contributed by atoms with Crippen molar-refractivity contribution in [2.75, 3.05) is 11.1 Å². The first-order valence-corrected chi connectivity index (χ1v) is 4.38. The summed E-state index contributed by atoms with van der Waals surface area (Å²) in [6.45, 7) is 5.53. The number of urea groups is 1. The average Bonchev–Trinajstić information content (AvgIpc) is 2.34. The maximum atomic E-state index is 11.3. The van der Waals surface area contributed by atoms with Crippen LogP contribution in [0, 0.1) is 6.92 Å². The molecule has 0 unspecified atom stereocenters. The lowest BCUT2D eigenvalue weighted by molar-refractivity contribution is 0.250. The SMILES string of the molecule is Cc1[nH]nc(NC(=O)NC(C)C)c1N. The van der Waals surface area contributed by atoms with Gasteiger partial charge in [0.05, 0.1) is 11.4 Å². The topological polar surface area (TPSA) is 95.8 Å². The van der Waals surface area contributed by atoms with E-state index in [9.17, 15) is 4.79 Å². The number of anilines is 2. The summed E-state index contributed by atoms with van der Waals surface area (Å²) in [5.74, 6) is 0.362.